The van der Waals surface area contributed by atoms with Crippen LogP contribution in [0, 0.1) is 0 Å². The van der Waals surface area contributed by atoms with Gasteiger partial charge in [-0.2, -0.15) is 0 Å². The Morgan fingerprint density at radius 3 is 2.86 bits per heavy atom. The average Bonchev–Trinajstić information content (AvgIpc) is 3.04. The predicted molar refractivity (Wildman–Crippen MR) is 83.4 cm³/mol. The van der Waals surface area contributed by atoms with Crippen molar-refractivity contribution in [2.24, 2.45) is 0 Å². The number of aryl methyl sites for hydroxylation is 1. The molecule has 0 aliphatic carbocycles. The summed E-state index contributed by atoms with van der Waals surface area (Å²) >= 11 is 0. The number of carbonyl (C=O) groups is 1. The second-order valence-electron chi connectivity index (χ2n) is 5.07. The van der Waals surface area contributed by atoms with E-state index in [1.807, 2.05) is 30.3 Å². The van der Waals surface area contributed by atoms with Crippen molar-refractivity contribution in [3.8, 4) is 0 Å². The maximum atomic E-state index is 12.0. The van der Waals surface area contributed by atoms with Gasteiger partial charge in [0, 0.05) is 17.5 Å². The zero-order chi connectivity index (χ0) is 15.4. The molecule has 0 saturated carbocycles. The van der Waals surface area contributed by atoms with Crippen molar-refractivity contribution in [2.75, 3.05) is 0 Å². The Kier molecular flexibility index (Phi) is 4.05. The zero-order valence-corrected chi connectivity index (χ0v) is 12.0. The molecule has 112 valence electrons. The number of benzene rings is 1. The first-order valence-corrected chi connectivity index (χ1v) is 7.12. The minimum absolute atomic E-state index is 0.107. The minimum atomic E-state index is -0.141. The molecule has 5 nitrogen and oxygen atoms in total. The van der Waals surface area contributed by atoms with Crippen LogP contribution in [0.15, 0.2) is 57.9 Å². The number of furan rings is 1. The molecule has 0 fully saturated rings. The molecule has 2 heterocycles. The van der Waals surface area contributed by atoms with Gasteiger partial charge in [-0.1, -0.05) is 18.2 Å². The van der Waals surface area contributed by atoms with Gasteiger partial charge in [0.1, 0.15) is 5.76 Å². The lowest BCUT2D eigenvalue weighted by atomic mass is 10.1. The SMILES string of the molecule is O=C(CCc1cc2ccccc2[nH]c1=O)NCc1ccco1. The summed E-state index contributed by atoms with van der Waals surface area (Å²) in [5, 5.41) is 3.73. The molecular formula is C17H16N2O3. The molecule has 5 heteroatoms. The van der Waals surface area contributed by atoms with Gasteiger partial charge in [-0.15, -0.1) is 0 Å². The van der Waals surface area contributed by atoms with Crippen molar-refractivity contribution in [1.82, 2.24) is 10.3 Å². The van der Waals surface area contributed by atoms with Gasteiger partial charge in [-0.25, -0.2) is 0 Å². The fourth-order valence-electron chi connectivity index (χ4n) is 2.31. The van der Waals surface area contributed by atoms with E-state index in [1.165, 1.54) is 0 Å². The van der Waals surface area contributed by atoms with Crippen LogP contribution in [0.2, 0.25) is 0 Å². The number of hydrogen-bond donors (Lipinski definition) is 2. The summed E-state index contributed by atoms with van der Waals surface area (Å²) in [4.78, 5) is 26.6. The highest BCUT2D eigenvalue weighted by Crippen LogP contribution is 2.11. The van der Waals surface area contributed by atoms with Crippen molar-refractivity contribution in [2.45, 2.75) is 19.4 Å². The number of hydrogen-bond acceptors (Lipinski definition) is 3. The molecule has 3 aromatic rings. The van der Waals surface area contributed by atoms with E-state index in [-0.39, 0.29) is 17.9 Å². The first-order valence-electron chi connectivity index (χ1n) is 7.12. The first-order chi connectivity index (χ1) is 10.7. The molecule has 0 spiro atoms. The predicted octanol–water partition coefficient (Wildman–Crippen LogP) is 2.37. The van der Waals surface area contributed by atoms with Gasteiger partial charge >= 0.3 is 0 Å². The van der Waals surface area contributed by atoms with Crippen molar-refractivity contribution in [3.63, 3.8) is 0 Å². The maximum absolute atomic E-state index is 12.0. The molecule has 1 aromatic carbocycles. The molecule has 0 aliphatic heterocycles. The van der Waals surface area contributed by atoms with E-state index in [4.69, 9.17) is 4.42 Å². The fraction of sp³-hybridized carbons (Fsp3) is 0.176. The lowest BCUT2D eigenvalue weighted by Gasteiger charge is -2.04. The van der Waals surface area contributed by atoms with Gasteiger partial charge in [0.05, 0.1) is 12.8 Å². The van der Waals surface area contributed by atoms with E-state index in [9.17, 15) is 9.59 Å². The van der Waals surface area contributed by atoms with Crippen LogP contribution in [0.25, 0.3) is 10.9 Å². The van der Waals surface area contributed by atoms with E-state index >= 15 is 0 Å². The number of amides is 1. The molecule has 22 heavy (non-hydrogen) atoms. The Morgan fingerprint density at radius 2 is 2.05 bits per heavy atom. The molecule has 0 aliphatic rings. The quantitative estimate of drug-likeness (QED) is 0.759. The average molecular weight is 296 g/mol. The van der Waals surface area contributed by atoms with Gasteiger partial charge in [0.2, 0.25) is 5.91 Å². The summed E-state index contributed by atoms with van der Waals surface area (Å²) in [5.41, 5.74) is 1.28. The third-order valence-electron chi connectivity index (χ3n) is 3.49. The topological polar surface area (TPSA) is 75.1 Å². The Morgan fingerprint density at radius 1 is 1.18 bits per heavy atom. The summed E-state index contributed by atoms with van der Waals surface area (Å²) < 4.78 is 5.14. The molecule has 1 amide bonds. The number of H-pyrrole nitrogens is 1. The van der Waals surface area contributed by atoms with Crippen molar-refractivity contribution in [1.29, 1.82) is 0 Å². The number of pyridine rings is 1. The number of aromatic nitrogens is 1. The molecule has 0 atom stereocenters. The fourth-order valence-corrected chi connectivity index (χ4v) is 2.31. The highest BCUT2D eigenvalue weighted by Gasteiger charge is 2.07. The summed E-state index contributed by atoms with van der Waals surface area (Å²) in [6, 6.07) is 13.0. The minimum Gasteiger partial charge on any atom is -0.467 e. The molecule has 0 unspecified atom stereocenters. The number of aromatic amines is 1. The Bertz CT molecular complexity index is 834. The number of nitrogens with one attached hydrogen (secondary N) is 2. The smallest absolute Gasteiger partial charge is 0.251 e. The van der Waals surface area contributed by atoms with Crippen LogP contribution in [0.1, 0.15) is 17.7 Å². The normalized spacial score (nSPS) is 10.7. The van der Waals surface area contributed by atoms with Gasteiger partial charge in [0.25, 0.3) is 5.56 Å². The largest absolute Gasteiger partial charge is 0.467 e. The van der Waals surface area contributed by atoms with Crippen LogP contribution < -0.4 is 10.9 Å². The van der Waals surface area contributed by atoms with Gasteiger partial charge in [-0.3, -0.25) is 9.59 Å². The lowest BCUT2D eigenvalue weighted by Crippen LogP contribution is -2.24. The number of para-hydroxylation sites is 1. The van der Waals surface area contributed by atoms with Crippen LogP contribution in [-0.2, 0) is 17.8 Å². The van der Waals surface area contributed by atoms with Crippen LogP contribution in [-0.4, -0.2) is 10.9 Å². The van der Waals surface area contributed by atoms with Crippen molar-refractivity contribution in [3.05, 3.63) is 70.4 Å². The molecule has 3 rings (SSSR count). The standard InChI is InChI=1S/C17H16N2O3/c20-16(18-11-14-5-3-9-22-14)8-7-13-10-12-4-1-2-6-15(12)19-17(13)21/h1-6,9-10H,7-8,11H2,(H,18,20)(H,19,21). The third-order valence-corrected chi connectivity index (χ3v) is 3.49. The summed E-state index contributed by atoms with van der Waals surface area (Å²) in [5.74, 6) is 0.598. The molecule has 2 N–H and O–H groups in total. The van der Waals surface area contributed by atoms with Gasteiger partial charge < -0.3 is 14.7 Å². The molecular weight excluding hydrogens is 280 g/mol. The Balaban J connectivity index is 1.62. The maximum Gasteiger partial charge on any atom is 0.251 e. The summed E-state index contributed by atoms with van der Waals surface area (Å²) in [6.07, 6.45) is 2.24. The second-order valence-corrected chi connectivity index (χ2v) is 5.07. The van der Waals surface area contributed by atoms with Crippen molar-refractivity contribution < 1.29 is 9.21 Å². The van der Waals surface area contributed by atoms with Crippen LogP contribution in [0.5, 0.6) is 0 Å². The lowest BCUT2D eigenvalue weighted by molar-refractivity contribution is -0.121. The monoisotopic (exact) mass is 296 g/mol. The second kappa shape index (κ2) is 6.30. The Labute approximate surface area is 127 Å². The van der Waals surface area contributed by atoms with E-state index in [2.05, 4.69) is 10.3 Å². The van der Waals surface area contributed by atoms with E-state index in [0.717, 1.165) is 10.9 Å². The zero-order valence-electron chi connectivity index (χ0n) is 12.0. The van der Waals surface area contributed by atoms with Crippen LogP contribution in [0.3, 0.4) is 0 Å². The van der Waals surface area contributed by atoms with E-state index < -0.39 is 0 Å². The van der Waals surface area contributed by atoms with Crippen LogP contribution in [0.4, 0.5) is 0 Å². The molecule has 0 radical (unpaired) electrons. The molecule has 0 bridgehead atoms. The molecule has 2 aromatic heterocycles. The highest BCUT2D eigenvalue weighted by atomic mass is 16.3. The van der Waals surface area contributed by atoms with Crippen LogP contribution >= 0.6 is 0 Å². The van der Waals surface area contributed by atoms with E-state index in [1.54, 1.807) is 18.4 Å². The van der Waals surface area contributed by atoms with Gasteiger partial charge in [0.15, 0.2) is 0 Å². The number of rotatable bonds is 5. The summed E-state index contributed by atoms with van der Waals surface area (Å²) in [7, 11) is 0. The Hall–Kier alpha value is -2.82. The number of fused-ring (bicyclic) bond motifs is 1. The highest BCUT2D eigenvalue weighted by molar-refractivity contribution is 5.79. The van der Waals surface area contributed by atoms with Gasteiger partial charge in [-0.05, 0) is 36.1 Å². The third kappa shape index (κ3) is 3.25. The number of carbonyl (C=O) groups excluding carboxylic acids is 1. The molecule has 0 saturated heterocycles. The van der Waals surface area contributed by atoms with Crippen molar-refractivity contribution >= 4 is 16.8 Å². The summed E-state index contributed by atoms with van der Waals surface area (Å²) in [6.45, 7) is 0.361. The first kappa shape index (κ1) is 14.1. The van der Waals surface area contributed by atoms with E-state index in [0.29, 0.717) is 24.3 Å².